The molecule has 0 saturated heterocycles. The lowest BCUT2D eigenvalue weighted by Crippen LogP contribution is -2.26. The van der Waals surface area contributed by atoms with E-state index in [1.54, 1.807) is 0 Å². The highest BCUT2D eigenvalue weighted by Crippen LogP contribution is 2.55. The fraction of sp³-hybridized carbons (Fsp3) is 0.351. The number of benzene rings is 3. The van der Waals surface area contributed by atoms with E-state index in [2.05, 4.69) is 80.3 Å². The molecular formula is C37H40O. The SMILES string of the molecule is CCCCCCC1(CCCCCC)c2cc(C=O)ccc2-c2ccc(-c3ccc(C4=C=CC=C4)cc3)cc21. The van der Waals surface area contributed by atoms with Crippen LogP contribution in [0, 0.1) is 0 Å². The Bertz CT molecular complexity index is 1370. The number of allylic oxidation sites excluding steroid dienone is 3. The molecule has 1 heteroatoms. The van der Waals surface area contributed by atoms with E-state index in [0.29, 0.717) is 0 Å². The molecule has 194 valence electrons. The minimum atomic E-state index is -0.0225. The first-order chi connectivity index (χ1) is 18.7. The van der Waals surface area contributed by atoms with Crippen molar-refractivity contribution < 1.29 is 4.79 Å². The van der Waals surface area contributed by atoms with E-state index in [9.17, 15) is 4.79 Å². The van der Waals surface area contributed by atoms with Gasteiger partial charge in [0.25, 0.3) is 0 Å². The smallest absolute Gasteiger partial charge is 0.150 e. The predicted molar refractivity (Wildman–Crippen MR) is 162 cm³/mol. The molecular weight excluding hydrogens is 460 g/mol. The molecule has 3 aromatic rings. The Morgan fingerprint density at radius 1 is 0.684 bits per heavy atom. The Balaban J connectivity index is 1.57. The van der Waals surface area contributed by atoms with Crippen LogP contribution in [0.25, 0.3) is 27.8 Å². The van der Waals surface area contributed by atoms with E-state index in [4.69, 9.17) is 0 Å². The molecule has 0 unspecified atom stereocenters. The van der Waals surface area contributed by atoms with Gasteiger partial charge in [-0.25, -0.2) is 0 Å². The van der Waals surface area contributed by atoms with Crippen LogP contribution in [0.4, 0.5) is 0 Å². The van der Waals surface area contributed by atoms with Crippen LogP contribution in [0.3, 0.4) is 0 Å². The molecule has 0 radical (unpaired) electrons. The summed E-state index contributed by atoms with van der Waals surface area (Å²) in [7, 11) is 0. The number of unbranched alkanes of at least 4 members (excludes halogenated alkanes) is 6. The minimum Gasteiger partial charge on any atom is -0.298 e. The zero-order valence-corrected chi connectivity index (χ0v) is 23.1. The number of rotatable bonds is 13. The van der Waals surface area contributed by atoms with Crippen LogP contribution in [0.15, 0.2) is 84.6 Å². The van der Waals surface area contributed by atoms with E-state index in [1.165, 1.54) is 90.3 Å². The second-order valence-corrected chi connectivity index (χ2v) is 11.0. The number of carbonyl (C=O) groups is 1. The Hall–Kier alpha value is -3.41. The van der Waals surface area contributed by atoms with E-state index in [0.717, 1.165) is 30.3 Å². The maximum Gasteiger partial charge on any atom is 0.150 e. The molecule has 0 aromatic heterocycles. The monoisotopic (exact) mass is 500 g/mol. The Morgan fingerprint density at radius 3 is 1.89 bits per heavy atom. The molecule has 5 rings (SSSR count). The topological polar surface area (TPSA) is 17.1 Å². The number of carbonyl (C=O) groups excluding carboxylic acids is 1. The average molecular weight is 501 g/mol. The summed E-state index contributed by atoms with van der Waals surface area (Å²) >= 11 is 0. The van der Waals surface area contributed by atoms with Crippen LogP contribution in [-0.2, 0) is 5.41 Å². The highest BCUT2D eigenvalue weighted by molar-refractivity contribution is 5.87. The molecule has 3 aromatic carbocycles. The summed E-state index contributed by atoms with van der Waals surface area (Å²) < 4.78 is 0. The number of hydrogen-bond acceptors (Lipinski definition) is 1. The van der Waals surface area contributed by atoms with Gasteiger partial charge in [-0.3, -0.25) is 4.79 Å². The molecule has 2 aliphatic carbocycles. The van der Waals surface area contributed by atoms with Gasteiger partial charge in [0.05, 0.1) is 0 Å². The quantitative estimate of drug-likeness (QED) is 0.130. The summed E-state index contributed by atoms with van der Waals surface area (Å²) in [5.74, 6) is 0. The van der Waals surface area contributed by atoms with Crippen molar-refractivity contribution in [2.45, 2.75) is 83.5 Å². The molecule has 0 amide bonds. The van der Waals surface area contributed by atoms with Crippen LogP contribution < -0.4 is 0 Å². The van der Waals surface area contributed by atoms with Gasteiger partial charge in [-0.05, 0) is 76.1 Å². The fourth-order valence-electron chi connectivity index (χ4n) is 6.49. The molecule has 0 aliphatic heterocycles. The second-order valence-electron chi connectivity index (χ2n) is 11.0. The molecule has 0 bridgehead atoms. The summed E-state index contributed by atoms with van der Waals surface area (Å²) in [5, 5.41) is 0. The molecule has 0 N–H and O–H groups in total. The van der Waals surface area contributed by atoms with Crippen molar-refractivity contribution in [1.82, 2.24) is 0 Å². The third-order valence-electron chi connectivity index (χ3n) is 8.56. The van der Waals surface area contributed by atoms with Gasteiger partial charge >= 0.3 is 0 Å². The van der Waals surface area contributed by atoms with Gasteiger partial charge in [-0.15, -0.1) is 5.73 Å². The summed E-state index contributed by atoms with van der Waals surface area (Å²) in [6, 6.07) is 22.4. The predicted octanol–water partition coefficient (Wildman–Crippen LogP) is 10.5. The van der Waals surface area contributed by atoms with E-state index < -0.39 is 0 Å². The Kier molecular flexibility index (Phi) is 8.26. The van der Waals surface area contributed by atoms with Gasteiger partial charge in [0.2, 0.25) is 0 Å². The van der Waals surface area contributed by atoms with Gasteiger partial charge in [0.1, 0.15) is 6.29 Å². The summed E-state index contributed by atoms with van der Waals surface area (Å²) in [5.41, 5.74) is 14.5. The summed E-state index contributed by atoms with van der Waals surface area (Å²) in [6.07, 6.45) is 19.5. The number of aldehydes is 1. The third kappa shape index (κ3) is 5.13. The molecule has 0 spiro atoms. The van der Waals surface area contributed by atoms with Crippen molar-refractivity contribution in [3.63, 3.8) is 0 Å². The standard InChI is InChI=1S/C37H40O/c1-3-5-7-11-23-37(24-12-8-6-4-2)35-25-28(27-38)15-21-33(35)34-22-20-32(26-36(34)37)31-18-16-30(17-19-31)29-13-9-10-14-29/h9-10,13,15-22,25-27H,3-8,11-12,23-24H2,1-2H3. The second kappa shape index (κ2) is 12.0. The molecule has 2 aliphatic rings. The van der Waals surface area contributed by atoms with Crippen molar-refractivity contribution in [3.8, 4) is 22.3 Å². The lowest BCUT2D eigenvalue weighted by molar-refractivity contribution is 0.112. The van der Waals surface area contributed by atoms with Crippen molar-refractivity contribution in [2.75, 3.05) is 0 Å². The average Bonchev–Trinajstić information content (AvgIpc) is 3.59. The first kappa shape index (κ1) is 26.2. The summed E-state index contributed by atoms with van der Waals surface area (Å²) in [4.78, 5) is 11.8. The maximum atomic E-state index is 11.8. The van der Waals surface area contributed by atoms with Gasteiger partial charge in [0, 0.05) is 16.6 Å². The highest BCUT2D eigenvalue weighted by atomic mass is 16.1. The van der Waals surface area contributed by atoms with E-state index >= 15 is 0 Å². The lowest BCUT2D eigenvalue weighted by Gasteiger charge is -2.33. The molecule has 38 heavy (non-hydrogen) atoms. The van der Waals surface area contributed by atoms with Crippen molar-refractivity contribution in [1.29, 1.82) is 0 Å². The molecule has 0 atom stereocenters. The molecule has 1 nitrogen and oxygen atoms in total. The first-order valence-electron chi connectivity index (χ1n) is 14.7. The number of fused-ring (bicyclic) bond motifs is 3. The summed E-state index contributed by atoms with van der Waals surface area (Å²) in [6.45, 7) is 4.56. The van der Waals surface area contributed by atoms with Crippen molar-refractivity contribution in [2.24, 2.45) is 0 Å². The van der Waals surface area contributed by atoms with Gasteiger partial charge < -0.3 is 0 Å². The third-order valence-corrected chi connectivity index (χ3v) is 8.56. The Morgan fingerprint density at radius 2 is 1.29 bits per heavy atom. The highest BCUT2D eigenvalue weighted by Gasteiger charge is 2.42. The largest absolute Gasteiger partial charge is 0.298 e. The zero-order chi connectivity index (χ0) is 26.4. The van der Waals surface area contributed by atoms with E-state index in [1.807, 2.05) is 18.2 Å². The minimum absolute atomic E-state index is 0.0225. The fourth-order valence-corrected chi connectivity index (χ4v) is 6.49. The van der Waals surface area contributed by atoms with E-state index in [-0.39, 0.29) is 5.41 Å². The van der Waals surface area contributed by atoms with Gasteiger partial charge in [-0.2, -0.15) is 0 Å². The van der Waals surface area contributed by atoms with Crippen LogP contribution in [-0.4, -0.2) is 6.29 Å². The molecule has 0 fully saturated rings. The maximum absolute atomic E-state index is 11.8. The van der Waals surface area contributed by atoms with Crippen LogP contribution in [0.2, 0.25) is 0 Å². The van der Waals surface area contributed by atoms with Crippen molar-refractivity contribution in [3.05, 3.63) is 107 Å². The number of hydrogen-bond donors (Lipinski definition) is 0. The molecule has 0 saturated carbocycles. The first-order valence-corrected chi connectivity index (χ1v) is 14.7. The van der Waals surface area contributed by atoms with Crippen LogP contribution in [0.1, 0.15) is 105 Å². The van der Waals surface area contributed by atoms with Crippen molar-refractivity contribution >= 4 is 11.9 Å². The zero-order valence-electron chi connectivity index (χ0n) is 23.1. The normalized spacial score (nSPS) is 14.4. The van der Waals surface area contributed by atoms with Gasteiger partial charge in [0.15, 0.2) is 0 Å². The van der Waals surface area contributed by atoms with Gasteiger partial charge in [-0.1, -0.05) is 120 Å². The molecule has 0 heterocycles. The lowest BCUT2D eigenvalue weighted by atomic mass is 9.70. The van der Waals surface area contributed by atoms with Crippen LogP contribution >= 0.6 is 0 Å². The van der Waals surface area contributed by atoms with Crippen LogP contribution in [0.5, 0.6) is 0 Å². The Labute approximate surface area is 229 Å².